The SMILES string of the molecule is CCOc1ccc([Te](Br)(Br)c2ccc(OCC)cc2)cc1. The van der Waals surface area contributed by atoms with Crippen LogP contribution in [0.2, 0.25) is 0 Å². The van der Waals surface area contributed by atoms with Gasteiger partial charge in [0.2, 0.25) is 0 Å². The summed E-state index contributed by atoms with van der Waals surface area (Å²) in [5.74, 6) is 1.82. The Kier molecular flexibility index (Phi) is 6.43. The van der Waals surface area contributed by atoms with Gasteiger partial charge < -0.3 is 0 Å². The Bertz CT molecular complexity index is 516. The molecule has 0 saturated carbocycles. The minimum absolute atomic E-state index is 0.688. The molecular weight excluding hydrogens is 512 g/mol. The molecule has 114 valence electrons. The van der Waals surface area contributed by atoms with E-state index < -0.39 is 13.8 Å². The summed E-state index contributed by atoms with van der Waals surface area (Å²) in [5.41, 5.74) is 0. The van der Waals surface area contributed by atoms with E-state index >= 15 is 0 Å². The van der Waals surface area contributed by atoms with E-state index in [-0.39, 0.29) is 0 Å². The van der Waals surface area contributed by atoms with Crippen molar-refractivity contribution in [1.29, 1.82) is 0 Å². The van der Waals surface area contributed by atoms with Gasteiger partial charge >= 0.3 is 143 Å². The summed E-state index contributed by atoms with van der Waals surface area (Å²) in [6.45, 7) is 5.36. The van der Waals surface area contributed by atoms with Crippen molar-refractivity contribution in [2.75, 3.05) is 13.2 Å². The fourth-order valence-electron chi connectivity index (χ4n) is 1.88. The van der Waals surface area contributed by atoms with Crippen molar-refractivity contribution >= 4 is 46.5 Å². The molecule has 0 aromatic heterocycles. The fourth-order valence-corrected chi connectivity index (χ4v) is 11.2. The summed E-state index contributed by atoms with van der Waals surface area (Å²) in [7, 11) is 0. The summed E-state index contributed by atoms with van der Waals surface area (Å²) in [5, 5.41) is 0. The summed E-state index contributed by atoms with van der Waals surface area (Å²) in [4.78, 5) is 0. The molecule has 0 spiro atoms. The van der Waals surface area contributed by atoms with Crippen molar-refractivity contribution in [3.8, 4) is 11.5 Å². The first kappa shape index (κ1) is 17.1. The standard InChI is InChI=1S/C16H18Br2O2Te/c1-3-19-13-5-9-15(10-6-13)21(17,18)16-11-7-14(8-12-16)20-4-2/h5-12H,3-4H2,1-2H3. The first-order valence-corrected chi connectivity index (χ1v) is 19.5. The van der Waals surface area contributed by atoms with Crippen LogP contribution in [0, 0.1) is 0 Å². The van der Waals surface area contributed by atoms with Gasteiger partial charge in [-0.05, 0) is 0 Å². The molecule has 2 aromatic rings. The summed E-state index contributed by atoms with van der Waals surface area (Å²) >= 11 is 5.27. The molecule has 0 aliphatic heterocycles. The quantitative estimate of drug-likeness (QED) is 0.530. The van der Waals surface area contributed by atoms with Crippen LogP contribution >= 0.6 is 25.5 Å². The molecule has 0 N–H and O–H groups in total. The van der Waals surface area contributed by atoms with Crippen molar-refractivity contribution in [3.63, 3.8) is 0 Å². The fraction of sp³-hybridized carbons (Fsp3) is 0.250. The number of halogens is 2. The van der Waals surface area contributed by atoms with Crippen molar-refractivity contribution < 1.29 is 9.47 Å². The molecule has 2 rings (SSSR count). The molecule has 0 aliphatic rings. The van der Waals surface area contributed by atoms with Crippen LogP contribution in [0.3, 0.4) is 0 Å². The van der Waals surface area contributed by atoms with Crippen LogP contribution in [-0.2, 0) is 0 Å². The molecular formula is C16H18Br2O2Te. The van der Waals surface area contributed by atoms with Crippen LogP contribution in [0.4, 0.5) is 0 Å². The Hall–Kier alpha value is -0.210. The molecule has 0 fully saturated rings. The molecule has 0 bridgehead atoms. The first-order valence-electron chi connectivity index (χ1n) is 6.76. The van der Waals surface area contributed by atoms with Gasteiger partial charge in [0.15, 0.2) is 0 Å². The van der Waals surface area contributed by atoms with Crippen molar-refractivity contribution in [2.45, 2.75) is 13.8 Å². The zero-order valence-corrected chi connectivity index (χ0v) is 17.5. The van der Waals surface area contributed by atoms with Crippen LogP contribution in [0.15, 0.2) is 48.5 Å². The van der Waals surface area contributed by atoms with Crippen molar-refractivity contribution in [1.82, 2.24) is 0 Å². The number of hydrogen-bond donors (Lipinski definition) is 0. The maximum absolute atomic E-state index is 5.50. The van der Waals surface area contributed by atoms with Gasteiger partial charge in [-0.1, -0.05) is 0 Å². The molecule has 0 saturated heterocycles. The van der Waals surface area contributed by atoms with Gasteiger partial charge in [-0.2, -0.15) is 0 Å². The third-order valence-corrected chi connectivity index (χ3v) is 17.8. The molecule has 0 unspecified atom stereocenters. The summed E-state index contributed by atoms with van der Waals surface area (Å²) < 4.78 is 13.6. The second kappa shape index (κ2) is 7.87. The summed E-state index contributed by atoms with van der Waals surface area (Å²) in [6.07, 6.45) is 0. The number of ether oxygens (including phenoxy) is 2. The van der Waals surface area contributed by atoms with Crippen LogP contribution in [0.25, 0.3) is 0 Å². The second-order valence-electron chi connectivity index (χ2n) is 4.28. The topological polar surface area (TPSA) is 18.5 Å². The predicted octanol–water partition coefficient (Wildman–Crippen LogP) is 3.83. The van der Waals surface area contributed by atoms with E-state index in [1.165, 1.54) is 7.22 Å². The third-order valence-electron chi connectivity index (χ3n) is 2.86. The number of hydrogen-bond acceptors (Lipinski definition) is 2. The zero-order valence-electron chi connectivity index (χ0n) is 12.0. The van der Waals surface area contributed by atoms with E-state index in [4.69, 9.17) is 9.47 Å². The number of benzene rings is 2. The van der Waals surface area contributed by atoms with E-state index in [0.29, 0.717) is 13.2 Å². The van der Waals surface area contributed by atoms with Crippen LogP contribution < -0.4 is 16.7 Å². The molecule has 2 aromatic carbocycles. The molecule has 0 atom stereocenters. The van der Waals surface area contributed by atoms with E-state index in [2.05, 4.69) is 49.8 Å². The van der Waals surface area contributed by atoms with Gasteiger partial charge in [-0.3, -0.25) is 0 Å². The Morgan fingerprint density at radius 1 is 0.714 bits per heavy atom. The van der Waals surface area contributed by atoms with Crippen LogP contribution in [0.1, 0.15) is 13.8 Å². The Morgan fingerprint density at radius 2 is 1.05 bits per heavy atom. The van der Waals surface area contributed by atoms with Gasteiger partial charge in [-0.25, -0.2) is 0 Å². The molecule has 0 heterocycles. The zero-order chi connectivity index (χ0) is 15.3. The molecule has 5 heteroatoms. The van der Waals surface area contributed by atoms with Crippen LogP contribution in [-0.4, -0.2) is 27.0 Å². The molecule has 0 amide bonds. The Balaban J connectivity index is 2.23. The second-order valence-corrected chi connectivity index (χ2v) is 28.5. The average molecular weight is 530 g/mol. The van der Waals surface area contributed by atoms with E-state index in [9.17, 15) is 0 Å². The van der Waals surface area contributed by atoms with Crippen LogP contribution in [0.5, 0.6) is 11.5 Å². The minimum atomic E-state index is -2.63. The van der Waals surface area contributed by atoms with E-state index in [1.807, 2.05) is 38.1 Å². The molecule has 0 aliphatic carbocycles. The van der Waals surface area contributed by atoms with Crippen molar-refractivity contribution in [3.05, 3.63) is 48.5 Å². The van der Waals surface area contributed by atoms with Gasteiger partial charge in [0.05, 0.1) is 0 Å². The molecule has 2 nitrogen and oxygen atoms in total. The summed E-state index contributed by atoms with van der Waals surface area (Å²) in [6, 6.07) is 16.6. The van der Waals surface area contributed by atoms with Gasteiger partial charge in [0.25, 0.3) is 0 Å². The van der Waals surface area contributed by atoms with Gasteiger partial charge in [0.1, 0.15) is 0 Å². The van der Waals surface area contributed by atoms with E-state index in [0.717, 1.165) is 11.5 Å². The van der Waals surface area contributed by atoms with Gasteiger partial charge in [0, 0.05) is 0 Å². The predicted molar refractivity (Wildman–Crippen MR) is 98.1 cm³/mol. The average Bonchev–Trinajstić information content (AvgIpc) is 2.49. The van der Waals surface area contributed by atoms with Gasteiger partial charge in [-0.15, -0.1) is 0 Å². The third kappa shape index (κ3) is 4.39. The number of rotatable bonds is 6. The molecule has 0 radical (unpaired) electrons. The monoisotopic (exact) mass is 530 g/mol. The first-order chi connectivity index (χ1) is 10.1. The normalized spacial score (nSPS) is 12.0. The Morgan fingerprint density at radius 3 is 1.33 bits per heavy atom. The van der Waals surface area contributed by atoms with E-state index in [1.54, 1.807) is 0 Å². The Labute approximate surface area is 142 Å². The maximum atomic E-state index is 5.50. The molecule has 21 heavy (non-hydrogen) atoms. The van der Waals surface area contributed by atoms with Crippen molar-refractivity contribution in [2.24, 2.45) is 0 Å².